The van der Waals surface area contributed by atoms with Gasteiger partial charge in [-0.3, -0.25) is 0 Å². The summed E-state index contributed by atoms with van der Waals surface area (Å²) in [4.78, 5) is 12.8. The average molecular weight is 336 g/mol. The first-order valence-electron chi connectivity index (χ1n) is 9.93. The Labute approximate surface area is 150 Å². The lowest BCUT2D eigenvalue weighted by Gasteiger charge is -2.37. The fraction of sp³-hybridized carbons (Fsp3) is 0.609. The lowest BCUT2D eigenvalue weighted by atomic mass is 9.67. The van der Waals surface area contributed by atoms with Gasteiger partial charge in [0.2, 0.25) is 0 Å². The SMILES string of the molecule is CC(C)(C)OC(=O)c1ccccc1C1CC2CC1C1C3C=CC(C3)C21. The van der Waals surface area contributed by atoms with Crippen LogP contribution < -0.4 is 0 Å². The third-order valence-corrected chi connectivity index (χ3v) is 7.25. The molecule has 0 saturated heterocycles. The molecule has 0 aliphatic heterocycles. The van der Waals surface area contributed by atoms with E-state index < -0.39 is 5.60 Å². The topological polar surface area (TPSA) is 26.3 Å². The number of hydrogen-bond donors (Lipinski definition) is 0. The Bertz CT molecular complexity index is 741. The number of esters is 1. The van der Waals surface area contributed by atoms with Crippen molar-refractivity contribution in [3.8, 4) is 0 Å². The molecule has 132 valence electrons. The minimum absolute atomic E-state index is 0.157. The molecule has 0 N–H and O–H groups in total. The highest BCUT2D eigenvalue weighted by atomic mass is 16.6. The normalized spacial score (nSPS) is 40.5. The van der Waals surface area contributed by atoms with Crippen molar-refractivity contribution in [1.29, 1.82) is 0 Å². The summed E-state index contributed by atoms with van der Waals surface area (Å²) < 4.78 is 5.69. The second-order valence-corrected chi connectivity index (χ2v) is 9.69. The summed E-state index contributed by atoms with van der Waals surface area (Å²) in [5.41, 5.74) is 1.60. The van der Waals surface area contributed by atoms with E-state index in [4.69, 9.17) is 4.74 Å². The second kappa shape index (κ2) is 5.22. The summed E-state index contributed by atoms with van der Waals surface area (Å²) in [5.74, 6) is 5.48. The molecule has 0 radical (unpaired) electrons. The molecular weight excluding hydrogens is 308 g/mol. The summed E-state index contributed by atoms with van der Waals surface area (Å²) >= 11 is 0. The van der Waals surface area contributed by atoms with E-state index in [0.717, 1.165) is 41.1 Å². The maximum Gasteiger partial charge on any atom is 0.338 e. The predicted molar refractivity (Wildman–Crippen MR) is 98.3 cm³/mol. The molecule has 2 nitrogen and oxygen atoms in total. The molecule has 4 aliphatic rings. The molecule has 4 bridgehead atoms. The van der Waals surface area contributed by atoms with Gasteiger partial charge < -0.3 is 4.74 Å². The molecule has 4 aliphatic carbocycles. The van der Waals surface area contributed by atoms with Gasteiger partial charge in [-0.2, -0.15) is 0 Å². The first-order chi connectivity index (χ1) is 11.9. The van der Waals surface area contributed by atoms with Gasteiger partial charge in [0, 0.05) is 0 Å². The molecule has 3 saturated carbocycles. The highest BCUT2D eigenvalue weighted by Gasteiger charge is 2.61. The second-order valence-electron chi connectivity index (χ2n) is 9.69. The van der Waals surface area contributed by atoms with Crippen LogP contribution in [0.4, 0.5) is 0 Å². The molecule has 5 rings (SSSR count). The number of carbonyl (C=O) groups is 1. The van der Waals surface area contributed by atoms with Gasteiger partial charge in [0.25, 0.3) is 0 Å². The van der Waals surface area contributed by atoms with Crippen LogP contribution in [0.5, 0.6) is 0 Å². The maximum atomic E-state index is 12.8. The number of fused-ring (bicyclic) bond motifs is 9. The zero-order chi connectivity index (χ0) is 17.3. The lowest BCUT2D eigenvalue weighted by Crippen LogP contribution is -2.31. The Morgan fingerprint density at radius 3 is 2.48 bits per heavy atom. The largest absolute Gasteiger partial charge is 0.456 e. The van der Waals surface area contributed by atoms with E-state index in [0.29, 0.717) is 5.92 Å². The highest BCUT2D eigenvalue weighted by molar-refractivity contribution is 5.91. The monoisotopic (exact) mass is 336 g/mol. The van der Waals surface area contributed by atoms with E-state index in [1.165, 1.54) is 24.8 Å². The van der Waals surface area contributed by atoms with Crippen molar-refractivity contribution in [2.24, 2.45) is 35.5 Å². The minimum atomic E-state index is -0.445. The lowest BCUT2D eigenvalue weighted by molar-refractivity contribution is 0.00669. The van der Waals surface area contributed by atoms with Gasteiger partial charge in [0.15, 0.2) is 0 Å². The predicted octanol–water partition coefficient (Wildman–Crippen LogP) is 5.20. The zero-order valence-electron chi connectivity index (χ0n) is 15.4. The van der Waals surface area contributed by atoms with Gasteiger partial charge in [0.1, 0.15) is 5.60 Å². The molecule has 0 spiro atoms. The fourth-order valence-corrected chi connectivity index (χ4v) is 6.71. The highest BCUT2D eigenvalue weighted by Crippen LogP contribution is 2.68. The van der Waals surface area contributed by atoms with Crippen LogP contribution in [0.3, 0.4) is 0 Å². The quantitative estimate of drug-likeness (QED) is 0.421. The Morgan fingerprint density at radius 1 is 1.00 bits per heavy atom. The summed E-state index contributed by atoms with van der Waals surface area (Å²) in [6.45, 7) is 5.83. The molecule has 7 atom stereocenters. The fourth-order valence-electron chi connectivity index (χ4n) is 6.71. The Hall–Kier alpha value is -1.57. The van der Waals surface area contributed by atoms with E-state index in [1.807, 2.05) is 32.9 Å². The number of hydrogen-bond acceptors (Lipinski definition) is 2. The van der Waals surface area contributed by atoms with Crippen molar-refractivity contribution >= 4 is 5.97 Å². The van der Waals surface area contributed by atoms with Crippen LogP contribution in [0.25, 0.3) is 0 Å². The molecule has 3 fully saturated rings. The van der Waals surface area contributed by atoms with Crippen molar-refractivity contribution < 1.29 is 9.53 Å². The molecular formula is C23H28O2. The van der Waals surface area contributed by atoms with Crippen molar-refractivity contribution in [3.05, 3.63) is 47.5 Å². The molecule has 7 unspecified atom stereocenters. The number of rotatable bonds is 2. The number of allylic oxidation sites excluding steroid dienone is 2. The molecule has 0 aromatic heterocycles. The van der Waals surface area contributed by atoms with Crippen molar-refractivity contribution in [1.82, 2.24) is 0 Å². The van der Waals surface area contributed by atoms with E-state index in [9.17, 15) is 4.79 Å². The first-order valence-corrected chi connectivity index (χ1v) is 9.93. The van der Waals surface area contributed by atoms with Crippen LogP contribution in [-0.2, 0) is 4.74 Å². The van der Waals surface area contributed by atoms with Crippen LogP contribution in [0.2, 0.25) is 0 Å². The summed E-state index contributed by atoms with van der Waals surface area (Å²) in [7, 11) is 0. The Morgan fingerprint density at radius 2 is 1.72 bits per heavy atom. The van der Waals surface area contributed by atoms with Gasteiger partial charge in [-0.1, -0.05) is 30.4 Å². The Kier molecular flexibility index (Phi) is 3.27. The van der Waals surface area contributed by atoms with Gasteiger partial charge in [-0.25, -0.2) is 4.79 Å². The van der Waals surface area contributed by atoms with Crippen molar-refractivity contribution in [2.45, 2.75) is 51.6 Å². The number of benzene rings is 1. The van der Waals surface area contributed by atoms with Gasteiger partial charge >= 0.3 is 5.97 Å². The van der Waals surface area contributed by atoms with Crippen molar-refractivity contribution in [2.75, 3.05) is 0 Å². The first kappa shape index (κ1) is 15.7. The Balaban J connectivity index is 1.46. The smallest absolute Gasteiger partial charge is 0.338 e. The van der Waals surface area contributed by atoms with Crippen LogP contribution in [0.15, 0.2) is 36.4 Å². The molecule has 25 heavy (non-hydrogen) atoms. The van der Waals surface area contributed by atoms with E-state index >= 15 is 0 Å². The summed E-state index contributed by atoms with van der Waals surface area (Å²) in [5, 5.41) is 0. The maximum absolute atomic E-state index is 12.8. The minimum Gasteiger partial charge on any atom is -0.456 e. The molecule has 0 heterocycles. The van der Waals surface area contributed by atoms with E-state index in [1.54, 1.807) is 0 Å². The van der Waals surface area contributed by atoms with Crippen LogP contribution in [-0.4, -0.2) is 11.6 Å². The molecule has 1 aromatic carbocycles. The van der Waals surface area contributed by atoms with E-state index in [2.05, 4.69) is 24.3 Å². The van der Waals surface area contributed by atoms with Crippen molar-refractivity contribution in [3.63, 3.8) is 0 Å². The van der Waals surface area contributed by atoms with Crippen LogP contribution >= 0.6 is 0 Å². The third-order valence-electron chi connectivity index (χ3n) is 7.25. The molecule has 1 aromatic rings. The van der Waals surface area contributed by atoms with Gasteiger partial charge in [-0.05, 0) is 93.1 Å². The van der Waals surface area contributed by atoms with Gasteiger partial charge in [-0.15, -0.1) is 0 Å². The standard InChI is InChI=1S/C23H28O2/c1-23(2,3)25-22(24)17-7-5-4-6-16(17)18-11-15-12-19(18)21-14-9-8-13(10-14)20(15)21/h4-9,13-15,18-21H,10-12H2,1-3H3. The summed E-state index contributed by atoms with van der Waals surface area (Å²) in [6.07, 6.45) is 9.02. The average Bonchev–Trinajstić information content (AvgIpc) is 3.31. The van der Waals surface area contributed by atoms with E-state index in [-0.39, 0.29) is 5.97 Å². The number of carbonyl (C=O) groups excluding carboxylic acids is 1. The number of ether oxygens (including phenoxy) is 1. The van der Waals surface area contributed by atoms with Crippen LogP contribution in [0, 0.1) is 35.5 Å². The van der Waals surface area contributed by atoms with Gasteiger partial charge in [0.05, 0.1) is 5.56 Å². The van der Waals surface area contributed by atoms with Crippen LogP contribution in [0.1, 0.15) is 61.9 Å². The molecule has 2 heteroatoms. The summed E-state index contributed by atoms with van der Waals surface area (Å²) in [6, 6.07) is 8.21. The third kappa shape index (κ3) is 2.33. The zero-order valence-corrected chi connectivity index (χ0v) is 15.4. The molecule has 0 amide bonds.